The first-order chi connectivity index (χ1) is 15.5. The highest BCUT2D eigenvalue weighted by Gasteiger charge is 2.38. The highest BCUT2D eigenvalue weighted by molar-refractivity contribution is 7.91. The fraction of sp³-hybridized carbons (Fsp3) is 0.458. The van der Waals surface area contributed by atoms with Gasteiger partial charge in [0.15, 0.2) is 0 Å². The summed E-state index contributed by atoms with van der Waals surface area (Å²) >= 11 is 0. The Bertz CT molecular complexity index is 1030. The lowest BCUT2D eigenvalue weighted by atomic mass is 9.94. The van der Waals surface area contributed by atoms with Gasteiger partial charge in [0.2, 0.25) is 15.7 Å². The predicted octanol–water partition coefficient (Wildman–Crippen LogP) is 2.26. The Labute approximate surface area is 189 Å². The molecule has 32 heavy (non-hydrogen) atoms. The smallest absolute Gasteiger partial charge is 0.237 e. The van der Waals surface area contributed by atoms with E-state index in [9.17, 15) is 13.2 Å². The van der Waals surface area contributed by atoms with Gasteiger partial charge in [0.25, 0.3) is 0 Å². The monoisotopic (exact) mass is 457 g/mol. The summed E-state index contributed by atoms with van der Waals surface area (Å²) in [5.41, 5.74) is 0.856. The van der Waals surface area contributed by atoms with Gasteiger partial charge in [-0.2, -0.15) is 0 Å². The molecule has 0 saturated carbocycles. The Hall–Kier alpha value is -2.42. The molecule has 3 atom stereocenters. The van der Waals surface area contributed by atoms with Crippen LogP contribution in [0.1, 0.15) is 31.7 Å². The van der Waals surface area contributed by atoms with Crippen LogP contribution in [0.15, 0.2) is 58.3 Å². The number of piperidine rings is 1. The van der Waals surface area contributed by atoms with E-state index in [4.69, 9.17) is 4.74 Å². The molecular formula is C24H31N3O4S. The maximum Gasteiger partial charge on any atom is 0.237 e. The molecular weight excluding hydrogens is 426 g/mol. The molecule has 8 heteroatoms. The predicted molar refractivity (Wildman–Crippen MR) is 122 cm³/mol. The van der Waals surface area contributed by atoms with Crippen molar-refractivity contribution >= 4 is 15.7 Å². The Kier molecular flexibility index (Phi) is 7.13. The largest absolute Gasteiger partial charge is 0.494 e. The number of sulfone groups is 1. The van der Waals surface area contributed by atoms with Gasteiger partial charge in [-0.25, -0.2) is 8.42 Å². The number of nitrogens with one attached hydrogen (secondary N) is 3. The summed E-state index contributed by atoms with van der Waals surface area (Å²) in [4.78, 5) is 13.0. The minimum atomic E-state index is -3.64. The maximum atomic E-state index is 13.0. The van der Waals surface area contributed by atoms with E-state index in [-0.39, 0.29) is 21.7 Å². The zero-order valence-electron chi connectivity index (χ0n) is 18.3. The zero-order valence-corrected chi connectivity index (χ0v) is 19.2. The van der Waals surface area contributed by atoms with Crippen molar-refractivity contribution in [1.82, 2.24) is 16.0 Å². The third-order valence-corrected chi connectivity index (χ3v) is 7.93. The van der Waals surface area contributed by atoms with Gasteiger partial charge in [-0.05, 0) is 74.2 Å². The van der Waals surface area contributed by atoms with Gasteiger partial charge in [0, 0.05) is 12.6 Å². The van der Waals surface area contributed by atoms with Gasteiger partial charge in [0.05, 0.1) is 22.4 Å². The third kappa shape index (κ3) is 5.14. The molecule has 2 aliphatic heterocycles. The van der Waals surface area contributed by atoms with Crippen molar-refractivity contribution in [1.29, 1.82) is 0 Å². The summed E-state index contributed by atoms with van der Waals surface area (Å²) in [5, 5.41) is 9.82. The molecule has 0 aromatic heterocycles. The molecule has 2 aromatic carbocycles. The summed E-state index contributed by atoms with van der Waals surface area (Å²) in [6.07, 6.45) is 2.75. The molecule has 2 aromatic rings. The number of fused-ring (bicyclic) bond motifs is 1. The lowest BCUT2D eigenvalue weighted by Gasteiger charge is -2.25. The van der Waals surface area contributed by atoms with E-state index in [2.05, 4.69) is 16.0 Å². The average Bonchev–Trinajstić information content (AvgIpc) is 3.26. The van der Waals surface area contributed by atoms with E-state index < -0.39 is 9.84 Å². The lowest BCUT2D eigenvalue weighted by molar-refractivity contribution is -0.123. The third-order valence-electron chi connectivity index (χ3n) is 6.17. The van der Waals surface area contributed by atoms with Crippen LogP contribution in [0.25, 0.3) is 0 Å². The van der Waals surface area contributed by atoms with E-state index in [0.29, 0.717) is 30.9 Å². The van der Waals surface area contributed by atoms with Crippen molar-refractivity contribution in [3.05, 3.63) is 54.1 Å². The first-order valence-corrected chi connectivity index (χ1v) is 12.8. The topological polar surface area (TPSA) is 96.5 Å². The molecule has 3 N–H and O–H groups in total. The molecule has 0 aliphatic carbocycles. The fourth-order valence-corrected chi connectivity index (χ4v) is 5.68. The molecule has 4 rings (SSSR count). The quantitative estimate of drug-likeness (QED) is 0.563. The van der Waals surface area contributed by atoms with Crippen molar-refractivity contribution in [3.63, 3.8) is 0 Å². The number of rotatable bonds is 8. The van der Waals surface area contributed by atoms with Gasteiger partial charge in [-0.3, -0.25) is 4.79 Å². The van der Waals surface area contributed by atoms with Crippen LogP contribution in [0.3, 0.4) is 0 Å². The minimum absolute atomic E-state index is 0.00000715. The summed E-state index contributed by atoms with van der Waals surface area (Å²) in [6.45, 7) is 4.86. The van der Waals surface area contributed by atoms with Gasteiger partial charge >= 0.3 is 0 Å². The lowest BCUT2D eigenvalue weighted by Crippen LogP contribution is -2.45. The van der Waals surface area contributed by atoms with Gasteiger partial charge in [-0.1, -0.05) is 25.1 Å². The molecule has 0 bridgehead atoms. The van der Waals surface area contributed by atoms with Crippen LogP contribution >= 0.6 is 0 Å². The SMILES string of the molecule is CCCOc1cccc(S(=O)(=O)c2ccc(CNC(=O)C3CC4CNCCC4N3)cc2)c1. The average molecular weight is 458 g/mol. The molecule has 172 valence electrons. The number of amides is 1. The van der Waals surface area contributed by atoms with Crippen LogP contribution in [0.2, 0.25) is 0 Å². The van der Waals surface area contributed by atoms with E-state index in [1.807, 2.05) is 6.92 Å². The number of benzene rings is 2. The number of hydrogen-bond donors (Lipinski definition) is 3. The molecule has 2 heterocycles. The van der Waals surface area contributed by atoms with E-state index in [0.717, 1.165) is 37.9 Å². The highest BCUT2D eigenvalue weighted by Crippen LogP contribution is 2.26. The molecule has 3 unspecified atom stereocenters. The number of carbonyl (C=O) groups excluding carboxylic acids is 1. The van der Waals surface area contributed by atoms with Gasteiger partial charge in [-0.15, -0.1) is 0 Å². The van der Waals surface area contributed by atoms with Crippen molar-refractivity contribution in [3.8, 4) is 5.75 Å². The van der Waals surface area contributed by atoms with Gasteiger partial charge in [0.1, 0.15) is 5.75 Å². The van der Waals surface area contributed by atoms with Crippen molar-refractivity contribution in [2.24, 2.45) is 5.92 Å². The van der Waals surface area contributed by atoms with Crippen molar-refractivity contribution in [2.75, 3.05) is 19.7 Å². The maximum absolute atomic E-state index is 13.0. The second-order valence-corrected chi connectivity index (χ2v) is 10.5. The molecule has 1 amide bonds. The zero-order chi connectivity index (χ0) is 22.6. The molecule has 7 nitrogen and oxygen atoms in total. The fourth-order valence-electron chi connectivity index (χ4n) is 4.39. The highest BCUT2D eigenvalue weighted by atomic mass is 32.2. The standard InChI is InChI=1S/C24H31N3O4S/c1-2-12-31-19-4-3-5-21(14-19)32(29,30)20-8-6-17(7-9-20)15-26-24(28)23-13-18-16-25-11-10-22(18)27-23/h3-9,14,18,22-23,25,27H,2,10-13,15-16H2,1H3,(H,26,28). The summed E-state index contributed by atoms with van der Waals surface area (Å²) in [5.74, 6) is 1.05. The van der Waals surface area contributed by atoms with Crippen molar-refractivity contribution in [2.45, 2.75) is 54.6 Å². The van der Waals surface area contributed by atoms with Crippen LogP contribution in [0.5, 0.6) is 5.75 Å². The summed E-state index contributed by atoms with van der Waals surface area (Å²) in [6, 6.07) is 13.5. The van der Waals surface area contributed by atoms with Crippen LogP contribution in [0.4, 0.5) is 0 Å². The van der Waals surface area contributed by atoms with Crippen molar-refractivity contribution < 1.29 is 17.9 Å². The van der Waals surface area contributed by atoms with Crippen LogP contribution in [0, 0.1) is 5.92 Å². The number of ether oxygens (including phenoxy) is 1. The molecule has 2 saturated heterocycles. The van der Waals surface area contributed by atoms with Gasteiger partial charge < -0.3 is 20.7 Å². The molecule has 0 radical (unpaired) electrons. The summed E-state index contributed by atoms with van der Waals surface area (Å²) in [7, 11) is -3.64. The van der Waals surface area contributed by atoms with Crippen LogP contribution in [-0.2, 0) is 21.2 Å². The molecule has 0 spiro atoms. The van der Waals surface area contributed by atoms with E-state index >= 15 is 0 Å². The summed E-state index contributed by atoms with van der Waals surface area (Å²) < 4.78 is 31.6. The Morgan fingerprint density at radius 1 is 1.16 bits per heavy atom. The minimum Gasteiger partial charge on any atom is -0.494 e. The normalized spacial score (nSPS) is 22.8. The first kappa shape index (κ1) is 22.8. The Morgan fingerprint density at radius 2 is 1.97 bits per heavy atom. The Balaban J connectivity index is 1.36. The van der Waals surface area contributed by atoms with Crippen LogP contribution in [-0.4, -0.2) is 46.1 Å². The second-order valence-electron chi connectivity index (χ2n) is 8.50. The molecule has 2 aliphatic rings. The van der Waals surface area contributed by atoms with Crippen LogP contribution < -0.4 is 20.7 Å². The number of hydrogen-bond acceptors (Lipinski definition) is 6. The van der Waals surface area contributed by atoms with E-state index in [1.165, 1.54) is 0 Å². The number of carbonyl (C=O) groups is 1. The second kappa shape index (κ2) is 10.0. The first-order valence-electron chi connectivity index (χ1n) is 11.3. The van der Waals surface area contributed by atoms with E-state index in [1.54, 1.807) is 48.5 Å². The Morgan fingerprint density at radius 3 is 2.72 bits per heavy atom. The molecule has 2 fully saturated rings.